The monoisotopic (exact) mass is 620 g/mol. The second-order valence-electron chi connectivity index (χ2n) is 13.9. The van der Waals surface area contributed by atoms with E-state index in [9.17, 15) is 9.59 Å². The molecule has 2 aromatic rings. The van der Waals surface area contributed by atoms with E-state index in [-0.39, 0.29) is 57.4 Å². The number of ether oxygens (including phenoxy) is 3. The van der Waals surface area contributed by atoms with E-state index in [4.69, 9.17) is 31.5 Å². The number of pyridine rings is 2. The maximum absolute atomic E-state index is 15.5. The summed E-state index contributed by atoms with van der Waals surface area (Å²) < 4.78 is 33.4. The Balaban J connectivity index is 1.63. The number of nitrogens with zero attached hydrogens (tertiary/aromatic N) is 5. The summed E-state index contributed by atoms with van der Waals surface area (Å²) >= 11 is 6.09. The van der Waals surface area contributed by atoms with E-state index in [0.717, 1.165) is 19.4 Å². The molecule has 2 aromatic heterocycles. The topological polar surface area (TPSA) is 123 Å². The lowest BCUT2D eigenvalue weighted by Crippen LogP contribution is -2.59. The lowest BCUT2D eigenvalue weighted by atomic mass is 9.78. The quantitative estimate of drug-likeness (QED) is 0.424. The second-order valence-corrected chi connectivity index (χ2v) is 14.2. The minimum Gasteiger partial charge on any atom is -0.471 e. The number of carbonyl (C=O) groups excluding carboxylic acids is 2. The maximum atomic E-state index is 15.5. The molecule has 13 heteroatoms. The van der Waals surface area contributed by atoms with E-state index in [1.165, 1.54) is 11.1 Å². The molecule has 4 unspecified atom stereocenters. The highest BCUT2D eigenvalue weighted by atomic mass is 35.5. The highest BCUT2D eigenvalue weighted by Crippen LogP contribution is 2.50. The Morgan fingerprint density at radius 1 is 1.19 bits per heavy atom. The first-order valence-corrected chi connectivity index (χ1v) is 15.2. The van der Waals surface area contributed by atoms with Gasteiger partial charge in [0.2, 0.25) is 5.88 Å². The van der Waals surface area contributed by atoms with Crippen LogP contribution >= 0.6 is 11.6 Å². The molecule has 4 fully saturated rings. The zero-order chi connectivity index (χ0) is 31.6. The number of nitrogens with two attached hydrogens (primary N) is 1. The van der Waals surface area contributed by atoms with Crippen LogP contribution in [0, 0.1) is 11.7 Å². The highest BCUT2D eigenvalue weighted by molar-refractivity contribution is 6.30. The number of nitrogen functional groups attached to an aromatic ring is 1. The number of halogens is 2. The summed E-state index contributed by atoms with van der Waals surface area (Å²) in [5.41, 5.74) is 5.33. The van der Waals surface area contributed by atoms with Crippen LogP contribution in [0.4, 0.5) is 25.4 Å². The fourth-order valence-corrected chi connectivity index (χ4v) is 6.59. The highest BCUT2D eigenvalue weighted by Gasteiger charge is 2.59. The number of carbonyl (C=O) groups is 2. The van der Waals surface area contributed by atoms with Crippen molar-refractivity contribution in [2.45, 2.75) is 103 Å². The normalized spacial score (nSPS) is 24.6. The van der Waals surface area contributed by atoms with Crippen molar-refractivity contribution in [1.82, 2.24) is 19.8 Å². The van der Waals surface area contributed by atoms with Crippen molar-refractivity contribution < 1.29 is 28.2 Å². The molecule has 5 atom stereocenters. The fraction of sp³-hybridized carbons (Fsp3) is 0.667. The molecular formula is C30H42ClFN6O5. The van der Waals surface area contributed by atoms with Crippen LogP contribution in [0.25, 0.3) is 10.9 Å². The van der Waals surface area contributed by atoms with Gasteiger partial charge in [-0.2, -0.15) is 0 Å². The molecule has 2 bridgehead atoms. The average Bonchev–Trinajstić information content (AvgIpc) is 3.59. The molecule has 2 amide bonds. The van der Waals surface area contributed by atoms with Gasteiger partial charge in [0.1, 0.15) is 28.5 Å². The van der Waals surface area contributed by atoms with E-state index in [2.05, 4.69) is 14.9 Å². The number of hydrogen-bond donors (Lipinski definition) is 1. The lowest BCUT2D eigenvalue weighted by molar-refractivity contribution is 0.0216. The third-order valence-corrected chi connectivity index (χ3v) is 8.60. The molecule has 3 aliphatic heterocycles. The van der Waals surface area contributed by atoms with Crippen LogP contribution in [0.3, 0.4) is 0 Å². The standard InChI is InChI=1S/C30H42ClFN6O5/c1-15(18-10-9-11-36(18)8)41-26-21(33)24(17-13-34-25(31)20(32)22(17)35-26)38(28(40)43-30(5,6)7)23-16-12-19(23)37(14-16)27(39)42-29(2,3)4/h13,15-16,18-19,23H,9-12,14,33H2,1-8H3/t15-,16?,18?,19?,23?/m0/s1. The Hall–Kier alpha value is -3.12. The molecule has 0 aromatic carbocycles. The van der Waals surface area contributed by atoms with Gasteiger partial charge in [-0.3, -0.25) is 9.80 Å². The number of rotatable bonds is 5. The Bertz CT molecular complexity index is 1430. The maximum Gasteiger partial charge on any atom is 0.415 e. The van der Waals surface area contributed by atoms with Crippen LogP contribution in [-0.2, 0) is 9.47 Å². The van der Waals surface area contributed by atoms with Gasteiger partial charge in [-0.05, 0) is 81.3 Å². The van der Waals surface area contributed by atoms with E-state index >= 15 is 4.39 Å². The third kappa shape index (κ3) is 6.00. The van der Waals surface area contributed by atoms with Gasteiger partial charge in [-0.25, -0.2) is 23.9 Å². The average molecular weight is 621 g/mol. The van der Waals surface area contributed by atoms with E-state index in [1.807, 2.05) is 14.0 Å². The minimum atomic E-state index is -0.855. The summed E-state index contributed by atoms with van der Waals surface area (Å²) in [5, 5.41) is -0.188. The van der Waals surface area contributed by atoms with E-state index in [1.54, 1.807) is 46.4 Å². The smallest absolute Gasteiger partial charge is 0.415 e. The summed E-state index contributed by atoms with van der Waals surface area (Å²) in [6.45, 7) is 13.9. The van der Waals surface area contributed by atoms with Crippen LogP contribution < -0.4 is 15.4 Å². The number of hydrogen-bond acceptors (Lipinski definition) is 9. The van der Waals surface area contributed by atoms with Gasteiger partial charge in [-0.1, -0.05) is 11.6 Å². The molecule has 2 N–H and O–H groups in total. The minimum absolute atomic E-state index is 0.0132. The summed E-state index contributed by atoms with van der Waals surface area (Å²) in [4.78, 5) is 40.9. The summed E-state index contributed by atoms with van der Waals surface area (Å²) in [6.07, 6.45) is 2.49. The number of fused-ring (bicyclic) bond motifs is 2. The predicted octanol–water partition coefficient (Wildman–Crippen LogP) is 5.62. The number of anilines is 2. The Morgan fingerprint density at radius 3 is 2.47 bits per heavy atom. The zero-order valence-corrected chi connectivity index (χ0v) is 26.9. The molecular weight excluding hydrogens is 579 g/mol. The van der Waals surface area contributed by atoms with E-state index in [0.29, 0.717) is 13.0 Å². The molecule has 236 valence electrons. The molecule has 6 rings (SSSR count). The van der Waals surface area contributed by atoms with Crippen LogP contribution in [0.15, 0.2) is 6.20 Å². The van der Waals surface area contributed by atoms with Crippen LogP contribution in [0.2, 0.25) is 5.15 Å². The lowest BCUT2D eigenvalue weighted by Gasteiger charge is -2.44. The third-order valence-electron chi connectivity index (χ3n) is 8.33. The van der Waals surface area contributed by atoms with Gasteiger partial charge < -0.3 is 24.8 Å². The Kier molecular flexibility index (Phi) is 8.09. The summed E-state index contributed by atoms with van der Waals surface area (Å²) in [7, 11) is 2.03. The number of amides is 2. The van der Waals surface area contributed by atoms with Crippen molar-refractivity contribution in [2.75, 3.05) is 30.8 Å². The molecule has 1 aliphatic carbocycles. The van der Waals surface area contributed by atoms with Crippen molar-refractivity contribution in [3.63, 3.8) is 0 Å². The number of aromatic nitrogens is 2. The van der Waals surface area contributed by atoms with Gasteiger partial charge in [0.15, 0.2) is 11.0 Å². The van der Waals surface area contributed by atoms with E-state index < -0.39 is 35.2 Å². The van der Waals surface area contributed by atoms with Crippen LogP contribution in [-0.4, -0.2) is 87.5 Å². The van der Waals surface area contributed by atoms with Crippen molar-refractivity contribution in [3.8, 4) is 5.88 Å². The molecule has 11 nitrogen and oxygen atoms in total. The molecule has 0 radical (unpaired) electrons. The zero-order valence-electron chi connectivity index (χ0n) is 26.1. The molecule has 4 aliphatic rings. The van der Waals surface area contributed by atoms with Gasteiger partial charge in [0.25, 0.3) is 0 Å². The SMILES string of the molecule is C[C@H](Oc1nc2c(F)c(Cl)ncc2c(N(C(=O)OC(C)(C)C)C2C3CC2N(C(=O)OC(C)(C)C)C3)c1N)C1CCCN1C. The first-order chi connectivity index (χ1) is 20.0. The number of likely N-dealkylation sites (tertiary alicyclic amines) is 1. The number of likely N-dealkylation sites (N-methyl/N-ethyl adjacent to an activating group) is 1. The van der Waals surface area contributed by atoms with Crippen molar-refractivity contribution in [2.24, 2.45) is 5.92 Å². The first-order valence-electron chi connectivity index (χ1n) is 14.8. The molecule has 3 saturated heterocycles. The Labute approximate surface area is 256 Å². The van der Waals surface area contributed by atoms with Gasteiger partial charge >= 0.3 is 12.2 Å². The first kappa shape index (κ1) is 31.3. The largest absolute Gasteiger partial charge is 0.471 e. The molecule has 5 heterocycles. The molecule has 43 heavy (non-hydrogen) atoms. The molecule has 0 spiro atoms. The fourth-order valence-electron chi connectivity index (χ4n) is 6.45. The Morgan fingerprint density at radius 2 is 1.86 bits per heavy atom. The second kappa shape index (κ2) is 11.1. The van der Waals surface area contributed by atoms with Crippen molar-refractivity contribution in [1.29, 1.82) is 0 Å². The summed E-state index contributed by atoms with van der Waals surface area (Å²) in [6, 6.07) is -0.770. The van der Waals surface area contributed by atoms with Crippen molar-refractivity contribution >= 4 is 46.1 Å². The predicted molar refractivity (Wildman–Crippen MR) is 162 cm³/mol. The van der Waals surface area contributed by atoms with Gasteiger partial charge in [-0.15, -0.1) is 0 Å². The van der Waals surface area contributed by atoms with Gasteiger partial charge in [0, 0.05) is 30.1 Å². The van der Waals surface area contributed by atoms with Crippen LogP contribution in [0.1, 0.15) is 67.7 Å². The summed E-state index contributed by atoms with van der Waals surface area (Å²) in [5.74, 6) is -0.958. The van der Waals surface area contributed by atoms with Crippen LogP contribution in [0.5, 0.6) is 5.88 Å². The van der Waals surface area contributed by atoms with Crippen molar-refractivity contribution in [3.05, 3.63) is 17.2 Å². The van der Waals surface area contributed by atoms with Gasteiger partial charge in [0.05, 0.1) is 17.8 Å². The molecule has 1 saturated carbocycles.